The molecule has 3 rings (SSSR count). The second-order valence-electron chi connectivity index (χ2n) is 6.38. The lowest BCUT2D eigenvalue weighted by atomic mass is 10.2. The first-order chi connectivity index (χ1) is 11.4. The summed E-state index contributed by atoms with van der Waals surface area (Å²) in [7, 11) is -3.03. The zero-order chi connectivity index (χ0) is 17.2. The number of nitrogens with one attached hydrogen (secondary N) is 2. The van der Waals surface area contributed by atoms with Crippen molar-refractivity contribution >= 4 is 21.8 Å². The number of benzene rings is 1. The van der Waals surface area contributed by atoms with Crippen molar-refractivity contribution in [3.05, 3.63) is 35.9 Å². The van der Waals surface area contributed by atoms with Gasteiger partial charge in [0.25, 0.3) is 0 Å². The predicted molar refractivity (Wildman–Crippen MR) is 89.0 cm³/mol. The van der Waals surface area contributed by atoms with Crippen LogP contribution in [0.3, 0.4) is 0 Å². The normalized spacial score (nSPS) is 25.7. The van der Waals surface area contributed by atoms with Crippen molar-refractivity contribution in [2.75, 3.05) is 18.1 Å². The summed E-state index contributed by atoms with van der Waals surface area (Å²) in [5, 5.41) is 5.45. The molecule has 2 aliphatic heterocycles. The highest BCUT2D eigenvalue weighted by Gasteiger charge is 2.32. The zero-order valence-corrected chi connectivity index (χ0v) is 14.1. The van der Waals surface area contributed by atoms with E-state index in [4.69, 9.17) is 0 Å². The number of rotatable bonds is 4. The molecule has 3 amide bonds. The van der Waals surface area contributed by atoms with Crippen LogP contribution in [0, 0.1) is 0 Å². The number of carbonyl (C=O) groups is 2. The summed E-state index contributed by atoms with van der Waals surface area (Å²) in [5.41, 5.74) is 1.05. The predicted octanol–water partition coefficient (Wildman–Crippen LogP) is 0.274. The summed E-state index contributed by atoms with van der Waals surface area (Å²) in [4.78, 5) is 25.8. The maximum Gasteiger partial charge on any atom is 0.315 e. The summed E-state index contributed by atoms with van der Waals surface area (Å²) in [6, 6.07) is 8.70. The molecule has 2 heterocycles. The van der Waals surface area contributed by atoms with Crippen molar-refractivity contribution in [3.63, 3.8) is 0 Å². The zero-order valence-electron chi connectivity index (χ0n) is 13.3. The molecule has 1 aromatic carbocycles. The largest absolute Gasteiger partial charge is 0.336 e. The monoisotopic (exact) mass is 351 g/mol. The molecule has 0 spiro atoms. The minimum absolute atomic E-state index is 0.00703. The molecule has 2 saturated heterocycles. The highest BCUT2D eigenvalue weighted by molar-refractivity contribution is 7.91. The van der Waals surface area contributed by atoms with Crippen LogP contribution in [-0.4, -0.2) is 55.4 Å². The molecule has 130 valence electrons. The van der Waals surface area contributed by atoms with Crippen molar-refractivity contribution in [3.8, 4) is 0 Å². The van der Waals surface area contributed by atoms with Gasteiger partial charge in [0, 0.05) is 25.6 Å². The molecule has 24 heavy (non-hydrogen) atoms. The molecule has 2 unspecified atom stereocenters. The molecule has 0 aromatic heterocycles. The van der Waals surface area contributed by atoms with Gasteiger partial charge in [0.15, 0.2) is 9.84 Å². The van der Waals surface area contributed by atoms with E-state index in [-0.39, 0.29) is 35.9 Å². The first-order valence-corrected chi connectivity index (χ1v) is 9.82. The molecule has 0 radical (unpaired) electrons. The van der Waals surface area contributed by atoms with Crippen LogP contribution in [0.2, 0.25) is 0 Å². The van der Waals surface area contributed by atoms with Gasteiger partial charge < -0.3 is 15.5 Å². The van der Waals surface area contributed by atoms with Gasteiger partial charge in [-0.15, -0.1) is 0 Å². The van der Waals surface area contributed by atoms with Gasteiger partial charge in [-0.05, 0) is 12.0 Å². The Bertz CT molecular complexity index is 720. The van der Waals surface area contributed by atoms with Gasteiger partial charge in [-0.2, -0.15) is 0 Å². The summed E-state index contributed by atoms with van der Waals surface area (Å²) < 4.78 is 22.8. The highest BCUT2D eigenvalue weighted by atomic mass is 32.2. The van der Waals surface area contributed by atoms with E-state index in [9.17, 15) is 18.0 Å². The molecule has 8 heteroatoms. The van der Waals surface area contributed by atoms with Gasteiger partial charge in [0.2, 0.25) is 5.91 Å². The number of sulfone groups is 1. The summed E-state index contributed by atoms with van der Waals surface area (Å²) >= 11 is 0. The number of amides is 3. The molecule has 1 aromatic rings. The van der Waals surface area contributed by atoms with Gasteiger partial charge in [-0.3, -0.25) is 4.79 Å². The van der Waals surface area contributed by atoms with Crippen LogP contribution in [0.25, 0.3) is 0 Å². The molecular formula is C16H21N3O4S. The molecule has 0 aliphatic carbocycles. The number of carbonyl (C=O) groups excluding carboxylic acids is 2. The Kier molecular flexibility index (Phi) is 4.75. The minimum atomic E-state index is -3.03. The van der Waals surface area contributed by atoms with Crippen molar-refractivity contribution in [1.82, 2.24) is 15.5 Å². The average molecular weight is 351 g/mol. The lowest BCUT2D eigenvalue weighted by Gasteiger charge is -2.18. The second kappa shape index (κ2) is 6.80. The fourth-order valence-corrected chi connectivity index (χ4v) is 4.82. The van der Waals surface area contributed by atoms with Gasteiger partial charge in [-0.1, -0.05) is 30.3 Å². The van der Waals surface area contributed by atoms with E-state index in [1.165, 1.54) is 0 Å². The number of urea groups is 1. The van der Waals surface area contributed by atoms with Gasteiger partial charge in [0.05, 0.1) is 17.5 Å². The maximum atomic E-state index is 12.1. The van der Waals surface area contributed by atoms with Crippen LogP contribution in [0.15, 0.2) is 30.3 Å². The Hall–Kier alpha value is -2.09. The Morgan fingerprint density at radius 1 is 1.17 bits per heavy atom. The lowest BCUT2D eigenvalue weighted by molar-refractivity contribution is -0.128. The second-order valence-corrected chi connectivity index (χ2v) is 8.61. The van der Waals surface area contributed by atoms with E-state index in [1.807, 2.05) is 30.3 Å². The van der Waals surface area contributed by atoms with E-state index >= 15 is 0 Å². The van der Waals surface area contributed by atoms with Gasteiger partial charge in [-0.25, -0.2) is 13.2 Å². The molecular weight excluding hydrogens is 330 g/mol. The van der Waals surface area contributed by atoms with E-state index < -0.39 is 15.9 Å². The Morgan fingerprint density at radius 2 is 1.88 bits per heavy atom. The quantitative estimate of drug-likeness (QED) is 0.814. The standard InChI is InChI=1S/C16H21N3O4S/c20-15-8-14(10-19(15)9-12-4-2-1-3-5-12)18-16(21)17-13-6-7-24(22,23)11-13/h1-5,13-14H,6-11H2,(H2,17,18,21). The third-order valence-corrected chi connectivity index (χ3v) is 6.10. The third-order valence-electron chi connectivity index (χ3n) is 4.33. The summed E-state index contributed by atoms with van der Waals surface area (Å²) in [5.74, 6) is 0.113. The Labute approximate surface area is 141 Å². The number of hydrogen-bond donors (Lipinski definition) is 2. The van der Waals surface area contributed by atoms with Crippen LogP contribution in [0.4, 0.5) is 4.79 Å². The molecule has 2 atom stereocenters. The van der Waals surface area contributed by atoms with Crippen molar-refractivity contribution in [2.24, 2.45) is 0 Å². The van der Waals surface area contributed by atoms with Gasteiger partial charge >= 0.3 is 6.03 Å². The van der Waals surface area contributed by atoms with Crippen LogP contribution >= 0.6 is 0 Å². The molecule has 2 aliphatic rings. The van der Waals surface area contributed by atoms with E-state index in [0.717, 1.165) is 5.56 Å². The van der Waals surface area contributed by atoms with Crippen molar-refractivity contribution in [2.45, 2.75) is 31.5 Å². The van der Waals surface area contributed by atoms with Crippen LogP contribution in [-0.2, 0) is 21.2 Å². The maximum absolute atomic E-state index is 12.1. The van der Waals surface area contributed by atoms with Crippen LogP contribution < -0.4 is 10.6 Å². The third kappa shape index (κ3) is 4.25. The lowest BCUT2D eigenvalue weighted by Crippen LogP contribution is -2.47. The van der Waals surface area contributed by atoms with Crippen LogP contribution in [0.5, 0.6) is 0 Å². The summed E-state index contributed by atoms with van der Waals surface area (Å²) in [6.45, 7) is 0.991. The Morgan fingerprint density at radius 3 is 2.54 bits per heavy atom. The number of nitrogens with zero attached hydrogens (tertiary/aromatic N) is 1. The Balaban J connectivity index is 1.48. The first-order valence-electron chi connectivity index (χ1n) is 8.00. The molecule has 0 saturated carbocycles. The fourth-order valence-electron chi connectivity index (χ4n) is 3.15. The summed E-state index contributed by atoms with van der Waals surface area (Å²) in [6.07, 6.45) is 0.711. The number of likely N-dealkylation sites (tertiary alicyclic amines) is 1. The fraction of sp³-hybridized carbons (Fsp3) is 0.500. The molecule has 7 nitrogen and oxygen atoms in total. The van der Waals surface area contributed by atoms with E-state index in [1.54, 1.807) is 4.90 Å². The number of hydrogen-bond acceptors (Lipinski definition) is 4. The van der Waals surface area contributed by atoms with Gasteiger partial charge in [0.1, 0.15) is 0 Å². The molecule has 0 bridgehead atoms. The van der Waals surface area contributed by atoms with Crippen LogP contribution in [0.1, 0.15) is 18.4 Å². The first kappa shape index (κ1) is 16.8. The minimum Gasteiger partial charge on any atom is -0.336 e. The topological polar surface area (TPSA) is 95.6 Å². The van der Waals surface area contributed by atoms with E-state index in [2.05, 4.69) is 10.6 Å². The highest BCUT2D eigenvalue weighted by Crippen LogP contribution is 2.15. The average Bonchev–Trinajstić information content (AvgIpc) is 3.02. The SMILES string of the molecule is O=C(NC1CC(=O)N(Cc2ccccc2)C1)NC1CCS(=O)(=O)C1. The smallest absolute Gasteiger partial charge is 0.315 e. The molecule has 2 fully saturated rings. The molecule has 2 N–H and O–H groups in total. The van der Waals surface area contributed by atoms with Crippen molar-refractivity contribution < 1.29 is 18.0 Å². The van der Waals surface area contributed by atoms with E-state index in [0.29, 0.717) is 19.5 Å². The van der Waals surface area contributed by atoms with Crippen molar-refractivity contribution in [1.29, 1.82) is 0 Å².